The second kappa shape index (κ2) is 13.7. The van der Waals surface area contributed by atoms with E-state index in [2.05, 4.69) is 27.7 Å². The van der Waals surface area contributed by atoms with Crippen LogP contribution < -0.4 is 0 Å². The van der Waals surface area contributed by atoms with Gasteiger partial charge in [0.15, 0.2) is 17.3 Å². The van der Waals surface area contributed by atoms with Crippen LogP contribution in [0.1, 0.15) is 113 Å². The van der Waals surface area contributed by atoms with Crippen LogP contribution in [0.4, 0.5) is 0 Å². The van der Waals surface area contributed by atoms with Crippen molar-refractivity contribution in [2.75, 3.05) is 0 Å². The van der Waals surface area contributed by atoms with Crippen LogP contribution in [0.5, 0.6) is 0 Å². The highest BCUT2D eigenvalue weighted by Crippen LogP contribution is 2.26. The molecule has 3 nitrogen and oxygen atoms in total. The van der Waals surface area contributed by atoms with E-state index < -0.39 is 0 Å². The Morgan fingerprint density at radius 2 is 1.19 bits per heavy atom. The Morgan fingerprint density at radius 3 is 1.72 bits per heavy atom. The summed E-state index contributed by atoms with van der Waals surface area (Å²) in [5, 5.41) is 0. The van der Waals surface area contributed by atoms with E-state index in [1.165, 1.54) is 38.5 Å². The van der Waals surface area contributed by atoms with Crippen molar-refractivity contribution < 1.29 is 14.4 Å². The maximum Gasteiger partial charge on any atom is 0.193 e. The molecule has 0 spiro atoms. The fourth-order valence-corrected chi connectivity index (χ4v) is 4.47. The van der Waals surface area contributed by atoms with Gasteiger partial charge >= 0.3 is 0 Å². The van der Waals surface area contributed by atoms with E-state index in [0.717, 1.165) is 36.7 Å². The summed E-state index contributed by atoms with van der Waals surface area (Å²) >= 11 is 0. The predicted octanol–water partition coefficient (Wildman–Crippen LogP) is 7.75. The van der Waals surface area contributed by atoms with E-state index >= 15 is 0 Å². The van der Waals surface area contributed by atoms with Crippen molar-refractivity contribution in [3.05, 3.63) is 33.9 Å². The molecule has 0 fully saturated rings. The van der Waals surface area contributed by atoms with Crippen molar-refractivity contribution in [2.24, 2.45) is 17.8 Å². The molecular weight excluding hydrogens is 396 g/mol. The standard InChI is InChI=1S/C29H46O3/c1-19(2)12-9-13-20(3)14-10-15-21(4)16-11-17-22(5)18-26(30)27-25(8)28(31)23(6)24(7)29(27)32/h18-21H,9-17H2,1-8H3/b22-18-/t20-,21-/m1/s1. The third-order valence-corrected chi connectivity index (χ3v) is 6.95. The summed E-state index contributed by atoms with van der Waals surface area (Å²) in [6.45, 7) is 16.1. The highest BCUT2D eigenvalue weighted by atomic mass is 16.2. The van der Waals surface area contributed by atoms with Crippen LogP contribution in [-0.4, -0.2) is 17.3 Å². The van der Waals surface area contributed by atoms with E-state index in [0.29, 0.717) is 17.1 Å². The van der Waals surface area contributed by atoms with Crippen molar-refractivity contribution in [1.82, 2.24) is 0 Å². The first-order chi connectivity index (χ1) is 15.0. The lowest BCUT2D eigenvalue weighted by molar-refractivity contribution is -0.120. The molecule has 0 bridgehead atoms. The van der Waals surface area contributed by atoms with Crippen molar-refractivity contribution in [3.8, 4) is 0 Å². The van der Waals surface area contributed by atoms with E-state index in [9.17, 15) is 14.4 Å². The van der Waals surface area contributed by atoms with Gasteiger partial charge in [0.25, 0.3) is 0 Å². The van der Waals surface area contributed by atoms with Crippen molar-refractivity contribution >= 4 is 17.3 Å². The molecular formula is C29H46O3. The van der Waals surface area contributed by atoms with Crippen molar-refractivity contribution in [1.29, 1.82) is 0 Å². The molecule has 0 amide bonds. The monoisotopic (exact) mass is 442 g/mol. The predicted molar refractivity (Wildman–Crippen MR) is 135 cm³/mol. The molecule has 0 saturated carbocycles. The summed E-state index contributed by atoms with van der Waals surface area (Å²) in [7, 11) is 0. The summed E-state index contributed by atoms with van der Waals surface area (Å²) in [4.78, 5) is 37.5. The highest BCUT2D eigenvalue weighted by molar-refractivity contribution is 6.37. The normalized spacial score (nSPS) is 17.5. The number of Topliss-reactive ketones (excluding diaryl/α,β-unsaturated/α-hetero) is 2. The smallest absolute Gasteiger partial charge is 0.193 e. The minimum absolute atomic E-state index is 0.0494. The van der Waals surface area contributed by atoms with E-state index in [1.807, 2.05) is 6.92 Å². The summed E-state index contributed by atoms with van der Waals surface area (Å²) in [6, 6.07) is 0. The third-order valence-electron chi connectivity index (χ3n) is 6.95. The van der Waals surface area contributed by atoms with E-state index in [-0.39, 0.29) is 28.5 Å². The van der Waals surface area contributed by atoms with Gasteiger partial charge in [-0.15, -0.1) is 0 Å². The van der Waals surface area contributed by atoms with Crippen LogP contribution in [-0.2, 0) is 14.4 Å². The summed E-state index contributed by atoms with van der Waals surface area (Å²) < 4.78 is 0. The lowest BCUT2D eigenvalue weighted by Crippen LogP contribution is -2.24. The van der Waals surface area contributed by atoms with Gasteiger partial charge in [-0.05, 0) is 64.4 Å². The first-order valence-corrected chi connectivity index (χ1v) is 12.6. The average Bonchev–Trinajstić information content (AvgIpc) is 2.70. The van der Waals surface area contributed by atoms with Gasteiger partial charge in [0, 0.05) is 16.7 Å². The molecule has 180 valence electrons. The molecule has 0 aromatic carbocycles. The molecule has 0 unspecified atom stereocenters. The van der Waals surface area contributed by atoms with Gasteiger partial charge in [0.1, 0.15) is 0 Å². The number of rotatable bonds is 14. The number of carbonyl (C=O) groups excluding carboxylic acids is 3. The first kappa shape index (κ1) is 28.3. The summed E-state index contributed by atoms with van der Waals surface area (Å²) in [5.41, 5.74) is 2.14. The highest BCUT2D eigenvalue weighted by Gasteiger charge is 2.31. The Hall–Kier alpha value is -1.77. The molecule has 2 atom stereocenters. The van der Waals surface area contributed by atoms with Crippen LogP contribution in [0.25, 0.3) is 0 Å². The minimum Gasteiger partial charge on any atom is -0.289 e. The lowest BCUT2D eigenvalue weighted by atomic mass is 9.83. The van der Waals surface area contributed by atoms with Gasteiger partial charge < -0.3 is 0 Å². The molecule has 0 N–H and O–H groups in total. The molecule has 32 heavy (non-hydrogen) atoms. The average molecular weight is 443 g/mol. The Morgan fingerprint density at radius 1 is 0.719 bits per heavy atom. The molecule has 0 radical (unpaired) electrons. The van der Waals surface area contributed by atoms with Crippen LogP contribution >= 0.6 is 0 Å². The molecule has 0 saturated heterocycles. The van der Waals surface area contributed by atoms with Gasteiger partial charge in [-0.25, -0.2) is 0 Å². The molecule has 1 aliphatic carbocycles. The molecule has 0 aromatic heterocycles. The van der Waals surface area contributed by atoms with Crippen molar-refractivity contribution in [2.45, 2.75) is 113 Å². The van der Waals surface area contributed by atoms with Crippen molar-refractivity contribution in [3.63, 3.8) is 0 Å². The van der Waals surface area contributed by atoms with Gasteiger partial charge in [0.2, 0.25) is 0 Å². The van der Waals surface area contributed by atoms with Crippen LogP contribution in [0.2, 0.25) is 0 Å². The third kappa shape index (κ3) is 9.00. The molecule has 0 aliphatic heterocycles. The topological polar surface area (TPSA) is 51.2 Å². The minimum atomic E-state index is -0.329. The zero-order valence-electron chi connectivity index (χ0n) is 21.9. The molecule has 1 aliphatic rings. The van der Waals surface area contributed by atoms with Crippen LogP contribution in [0.3, 0.4) is 0 Å². The second-order valence-corrected chi connectivity index (χ2v) is 10.6. The Labute approximate surface area is 196 Å². The van der Waals surface area contributed by atoms with E-state index in [1.54, 1.807) is 26.8 Å². The number of allylic oxidation sites excluding steroid dienone is 6. The van der Waals surface area contributed by atoms with Gasteiger partial charge in [-0.1, -0.05) is 78.2 Å². The first-order valence-electron chi connectivity index (χ1n) is 12.6. The molecule has 0 heterocycles. The molecule has 3 heteroatoms. The zero-order valence-corrected chi connectivity index (χ0v) is 21.9. The quantitative estimate of drug-likeness (QED) is 0.157. The zero-order chi connectivity index (χ0) is 24.4. The maximum absolute atomic E-state index is 12.7. The number of ketones is 3. The maximum atomic E-state index is 12.7. The Kier molecular flexibility index (Phi) is 12.1. The second-order valence-electron chi connectivity index (χ2n) is 10.6. The van der Waals surface area contributed by atoms with Gasteiger partial charge in [-0.2, -0.15) is 0 Å². The molecule has 1 rings (SSSR count). The van der Waals surface area contributed by atoms with E-state index in [4.69, 9.17) is 0 Å². The fourth-order valence-electron chi connectivity index (χ4n) is 4.47. The number of hydrogen-bond donors (Lipinski definition) is 0. The lowest BCUT2D eigenvalue weighted by Gasteiger charge is -2.17. The van der Waals surface area contributed by atoms with Gasteiger partial charge in [0.05, 0.1) is 5.57 Å². The van der Waals surface area contributed by atoms with Crippen LogP contribution in [0, 0.1) is 17.8 Å². The van der Waals surface area contributed by atoms with Crippen LogP contribution in [0.15, 0.2) is 33.9 Å². The largest absolute Gasteiger partial charge is 0.289 e. The molecule has 0 aromatic rings. The SMILES string of the molecule is CC1=C(C)C(=O)C(C(=O)/C=C(/C)CCC[C@H](C)CCC[C@H](C)CCCC(C)C)=C(C)C1=O. The summed E-state index contributed by atoms with van der Waals surface area (Å²) in [6.07, 6.45) is 12.5. The number of carbonyl (C=O) groups is 3. The van der Waals surface area contributed by atoms with Gasteiger partial charge in [-0.3, -0.25) is 14.4 Å². The Bertz CT molecular complexity index is 776. The Balaban J connectivity index is 2.41. The number of hydrogen-bond acceptors (Lipinski definition) is 3. The summed E-state index contributed by atoms with van der Waals surface area (Å²) in [5.74, 6) is 1.50. The fraction of sp³-hybridized carbons (Fsp3) is 0.690.